The zero-order chi connectivity index (χ0) is 16.9. The number of benzene rings is 1. The number of carbonyl (C=O) groups is 2. The molecule has 0 radical (unpaired) electrons. The van der Waals surface area contributed by atoms with Crippen LogP contribution in [0.5, 0.6) is 5.75 Å². The van der Waals surface area contributed by atoms with Crippen LogP contribution in [0, 0.1) is 0 Å². The maximum atomic E-state index is 12.0. The fourth-order valence-corrected chi connectivity index (χ4v) is 2.00. The van der Waals surface area contributed by atoms with Crippen LogP contribution in [0.25, 0.3) is 11.3 Å². The van der Waals surface area contributed by atoms with Gasteiger partial charge in [0.25, 0.3) is 5.91 Å². The molecule has 3 rings (SSSR count). The number of aromatic amines is 1. The van der Waals surface area contributed by atoms with Crippen molar-refractivity contribution in [3.05, 3.63) is 60.2 Å². The minimum Gasteiger partial charge on any atom is -0.497 e. The van der Waals surface area contributed by atoms with E-state index in [-0.39, 0.29) is 11.5 Å². The number of rotatable bonds is 4. The van der Waals surface area contributed by atoms with Gasteiger partial charge in [0.05, 0.1) is 19.1 Å². The van der Waals surface area contributed by atoms with Crippen LogP contribution in [0.15, 0.2) is 53.1 Å². The fraction of sp³-hybridized carbons (Fsp3) is 0.0625. The molecule has 0 bridgehead atoms. The number of hydrogen-bond acceptors (Lipinski definition) is 5. The Morgan fingerprint density at radius 2 is 1.88 bits per heavy atom. The van der Waals surface area contributed by atoms with Crippen LogP contribution < -0.4 is 15.6 Å². The van der Waals surface area contributed by atoms with Gasteiger partial charge in [0.1, 0.15) is 11.4 Å². The monoisotopic (exact) mass is 326 g/mol. The van der Waals surface area contributed by atoms with E-state index in [1.54, 1.807) is 31.4 Å². The predicted octanol–water partition coefficient (Wildman–Crippen LogP) is 1.75. The van der Waals surface area contributed by atoms with Crippen LogP contribution in [-0.2, 0) is 0 Å². The summed E-state index contributed by atoms with van der Waals surface area (Å²) in [6, 6.07) is 11.9. The van der Waals surface area contributed by atoms with Crippen LogP contribution in [-0.4, -0.2) is 29.1 Å². The summed E-state index contributed by atoms with van der Waals surface area (Å²) in [7, 11) is 1.59. The summed E-state index contributed by atoms with van der Waals surface area (Å²) in [5.74, 6) is -0.253. The lowest BCUT2D eigenvalue weighted by molar-refractivity contribution is 0.0828. The molecule has 0 aliphatic carbocycles. The molecule has 0 spiro atoms. The summed E-state index contributed by atoms with van der Waals surface area (Å²) in [5.41, 5.74) is 6.16. The summed E-state index contributed by atoms with van der Waals surface area (Å²) in [6.07, 6.45) is 1.37. The van der Waals surface area contributed by atoms with Gasteiger partial charge >= 0.3 is 5.91 Å². The standard InChI is InChI=1S/C16H14N4O4/c1-23-11-6-4-10(5-7-11)12-9-13(18-17-12)15(21)19-20-16(22)14-3-2-8-24-14/h2-9H,1H3,(H,17,18)(H,19,21)(H,20,22). The molecule has 2 aromatic heterocycles. The van der Waals surface area contributed by atoms with E-state index in [1.807, 2.05) is 12.1 Å². The first-order valence-corrected chi connectivity index (χ1v) is 7.01. The fourth-order valence-electron chi connectivity index (χ4n) is 2.00. The number of nitrogens with one attached hydrogen (secondary N) is 3. The Labute approximate surface area is 136 Å². The van der Waals surface area contributed by atoms with E-state index in [0.29, 0.717) is 5.69 Å². The van der Waals surface area contributed by atoms with Crippen molar-refractivity contribution in [3.8, 4) is 17.0 Å². The normalized spacial score (nSPS) is 10.2. The molecule has 24 heavy (non-hydrogen) atoms. The van der Waals surface area contributed by atoms with E-state index in [2.05, 4.69) is 21.0 Å². The zero-order valence-corrected chi connectivity index (χ0v) is 12.7. The van der Waals surface area contributed by atoms with E-state index in [0.717, 1.165) is 11.3 Å². The van der Waals surface area contributed by atoms with Crippen molar-refractivity contribution < 1.29 is 18.7 Å². The molecule has 2 heterocycles. The summed E-state index contributed by atoms with van der Waals surface area (Å²) >= 11 is 0. The summed E-state index contributed by atoms with van der Waals surface area (Å²) in [4.78, 5) is 23.7. The Morgan fingerprint density at radius 3 is 2.54 bits per heavy atom. The third kappa shape index (κ3) is 3.27. The van der Waals surface area contributed by atoms with Crippen molar-refractivity contribution in [3.63, 3.8) is 0 Å². The van der Waals surface area contributed by atoms with Crippen molar-refractivity contribution >= 4 is 11.8 Å². The first-order valence-electron chi connectivity index (χ1n) is 7.01. The molecule has 3 N–H and O–H groups in total. The van der Waals surface area contributed by atoms with Gasteiger partial charge in [-0.15, -0.1) is 0 Å². The van der Waals surface area contributed by atoms with Crippen LogP contribution in [0.2, 0.25) is 0 Å². The Morgan fingerprint density at radius 1 is 1.12 bits per heavy atom. The third-order valence-electron chi connectivity index (χ3n) is 3.24. The maximum absolute atomic E-state index is 12.0. The number of nitrogens with zero attached hydrogens (tertiary/aromatic N) is 1. The number of amides is 2. The van der Waals surface area contributed by atoms with Crippen LogP contribution in [0.4, 0.5) is 0 Å². The van der Waals surface area contributed by atoms with Crippen molar-refractivity contribution in [1.29, 1.82) is 0 Å². The van der Waals surface area contributed by atoms with Gasteiger partial charge in [0.2, 0.25) is 0 Å². The Bertz CT molecular complexity index is 837. The first kappa shape index (κ1) is 15.3. The van der Waals surface area contributed by atoms with E-state index in [4.69, 9.17) is 9.15 Å². The summed E-state index contributed by atoms with van der Waals surface area (Å²) in [5, 5.41) is 6.71. The highest BCUT2D eigenvalue weighted by atomic mass is 16.5. The molecule has 0 aliphatic heterocycles. The second kappa shape index (κ2) is 6.69. The van der Waals surface area contributed by atoms with Gasteiger partial charge < -0.3 is 9.15 Å². The highest BCUT2D eigenvalue weighted by Crippen LogP contribution is 2.20. The molecule has 0 unspecified atom stereocenters. The number of ether oxygens (including phenoxy) is 1. The lowest BCUT2D eigenvalue weighted by Gasteiger charge is -2.03. The Hall–Kier alpha value is -3.55. The van der Waals surface area contributed by atoms with Gasteiger partial charge in [-0.1, -0.05) is 0 Å². The van der Waals surface area contributed by atoms with E-state index < -0.39 is 11.8 Å². The molecule has 0 aliphatic rings. The highest BCUT2D eigenvalue weighted by molar-refractivity contribution is 5.97. The zero-order valence-electron chi connectivity index (χ0n) is 12.7. The molecule has 0 saturated heterocycles. The smallest absolute Gasteiger partial charge is 0.305 e. The van der Waals surface area contributed by atoms with E-state index >= 15 is 0 Å². The number of aromatic nitrogens is 2. The van der Waals surface area contributed by atoms with Gasteiger partial charge in [0.15, 0.2) is 5.76 Å². The molecule has 0 atom stereocenters. The minimum atomic E-state index is -0.553. The SMILES string of the molecule is COc1ccc(-c2cc(C(=O)NNC(=O)c3ccco3)[nH]n2)cc1. The van der Waals surface area contributed by atoms with Gasteiger partial charge in [-0.2, -0.15) is 5.10 Å². The number of H-pyrrole nitrogens is 1. The molecule has 0 fully saturated rings. The first-order chi connectivity index (χ1) is 11.7. The molecule has 1 aromatic carbocycles. The van der Waals surface area contributed by atoms with Crippen LogP contribution in [0.3, 0.4) is 0 Å². The van der Waals surface area contributed by atoms with E-state index in [1.165, 1.54) is 12.3 Å². The summed E-state index contributed by atoms with van der Waals surface area (Å²) < 4.78 is 10.0. The molecule has 8 heteroatoms. The van der Waals surface area contributed by atoms with E-state index in [9.17, 15) is 9.59 Å². The highest BCUT2D eigenvalue weighted by Gasteiger charge is 2.13. The van der Waals surface area contributed by atoms with Crippen molar-refractivity contribution in [1.82, 2.24) is 21.0 Å². The van der Waals surface area contributed by atoms with Crippen molar-refractivity contribution in [2.75, 3.05) is 7.11 Å². The van der Waals surface area contributed by atoms with Crippen molar-refractivity contribution in [2.45, 2.75) is 0 Å². The molecular formula is C16H14N4O4. The van der Waals surface area contributed by atoms with Gasteiger partial charge in [-0.05, 0) is 42.5 Å². The topological polar surface area (TPSA) is 109 Å². The molecule has 8 nitrogen and oxygen atoms in total. The quantitative estimate of drug-likeness (QED) is 0.633. The number of hydrazine groups is 1. The average Bonchev–Trinajstić information content (AvgIpc) is 3.31. The van der Waals surface area contributed by atoms with Gasteiger partial charge in [-0.25, -0.2) is 0 Å². The van der Waals surface area contributed by atoms with Crippen LogP contribution in [0.1, 0.15) is 21.0 Å². The lowest BCUT2D eigenvalue weighted by atomic mass is 10.1. The second-order valence-corrected chi connectivity index (χ2v) is 4.78. The maximum Gasteiger partial charge on any atom is 0.305 e. The summed E-state index contributed by atoms with van der Waals surface area (Å²) in [6.45, 7) is 0. The Balaban J connectivity index is 1.64. The number of methoxy groups -OCH3 is 1. The average molecular weight is 326 g/mol. The number of carbonyl (C=O) groups excluding carboxylic acids is 2. The van der Waals surface area contributed by atoms with Crippen molar-refractivity contribution in [2.24, 2.45) is 0 Å². The van der Waals surface area contributed by atoms with Gasteiger partial charge in [0, 0.05) is 5.56 Å². The van der Waals surface area contributed by atoms with Gasteiger partial charge in [-0.3, -0.25) is 25.5 Å². The predicted molar refractivity (Wildman–Crippen MR) is 84.2 cm³/mol. The molecule has 3 aromatic rings. The lowest BCUT2D eigenvalue weighted by Crippen LogP contribution is -2.41. The molecule has 0 saturated carbocycles. The number of hydrogen-bond donors (Lipinski definition) is 3. The molecule has 2 amide bonds. The second-order valence-electron chi connectivity index (χ2n) is 4.78. The third-order valence-corrected chi connectivity index (χ3v) is 3.24. The largest absolute Gasteiger partial charge is 0.497 e. The Kier molecular flexibility index (Phi) is 4.28. The molecule has 122 valence electrons. The number of furan rings is 1. The minimum absolute atomic E-state index is 0.0961. The molecular weight excluding hydrogens is 312 g/mol. The van der Waals surface area contributed by atoms with Crippen LogP contribution >= 0.6 is 0 Å².